The maximum absolute atomic E-state index is 4.61. The number of rotatable bonds is 1. The van der Waals surface area contributed by atoms with Crippen molar-refractivity contribution in [1.82, 2.24) is 14.9 Å². The van der Waals surface area contributed by atoms with Gasteiger partial charge in [-0.25, -0.2) is 4.98 Å². The summed E-state index contributed by atoms with van der Waals surface area (Å²) in [6.45, 7) is 8.77. The first-order valence-electron chi connectivity index (χ1n) is 5.45. The molecule has 1 aliphatic heterocycles. The van der Waals surface area contributed by atoms with Crippen LogP contribution in [0, 0.1) is 12.8 Å². The molecule has 0 bridgehead atoms. The first-order chi connectivity index (χ1) is 6.68. The first kappa shape index (κ1) is 9.71. The number of hydrogen-bond acceptors (Lipinski definition) is 2. The van der Waals surface area contributed by atoms with Crippen molar-refractivity contribution in [3.8, 4) is 0 Å². The van der Waals surface area contributed by atoms with Crippen molar-refractivity contribution < 1.29 is 0 Å². The fourth-order valence-electron chi connectivity index (χ4n) is 2.12. The van der Waals surface area contributed by atoms with Crippen LogP contribution in [0.3, 0.4) is 0 Å². The van der Waals surface area contributed by atoms with E-state index < -0.39 is 0 Å². The van der Waals surface area contributed by atoms with Crippen LogP contribution in [0.15, 0.2) is 6.20 Å². The van der Waals surface area contributed by atoms with Crippen molar-refractivity contribution in [2.75, 3.05) is 6.54 Å². The summed E-state index contributed by atoms with van der Waals surface area (Å²) in [4.78, 5) is 4.61. The number of fused-ring (bicyclic) bond motifs is 1. The molecular weight excluding hydrogens is 174 g/mol. The third kappa shape index (κ3) is 1.69. The third-order valence-corrected chi connectivity index (χ3v) is 2.81. The summed E-state index contributed by atoms with van der Waals surface area (Å²) in [5, 5.41) is 3.57. The number of nitrogens with zero attached hydrogens (tertiary/aromatic N) is 2. The second kappa shape index (κ2) is 3.73. The first-order valence-corrected chi connectivity index (χ1v) is 5.45. The van der Waals surface area contributed by atoms with Gasteiger partial charge in [-0.3, -0.25) is 0 Å². The molecule has 14 heavy (non-hydrogen) atoms. The predicted molar refractivity (Wildman–Crippen MR) is 57.2 cm³/mol. The van der Waals surface area contributed by atoms with Gasteiger partial charge < -0.3 is 9.88 Å². The van der Waals surface area contributed by atoms with Crippen molar-refractivity contribution in [2.24, 2.45) is 5.92 Å². The Hall–Kier alpha value is -0.830. The van der Waals surface area contributed by atoms with Crippen molar-refractivity contribution in [3.63, 3.8) is 0 Å². The fourth-order valence-corrected chi connectivity index (χ4v) is 2.12. The normalized spacial score (nSPS) is 22.1. The lowest BCUT2D eigenvalue weighted by atomic mass is 10.0. The van der Waals surface area contributed by atoms with Gasteiger partial charge >= 0.3 is 0 Å². The van der Waals surface area contributed by atoms with Gasteiger partial charge in [0.25, 0.3) is 0 Å². The average molecular weight is 193 g/mol. The van der Waals surface area contributed by atoms with Crippen LogP contribution in [0.5, 0.6) is 0 Å². The van der Waals surface area contributed by atoms with Crippen LogP contribution in [0.4, 0.5) is 0 Å². The third-order valence-electron chi connectivity index (χ3n) is 2.81. The summed E-state index contributed by atoms with van der Waals surface area (Å²) in [5.41, 5.74) is 1.13. The molecule has 78 valence electrons. The second-order valence-electron chi connectivity index (χ2n) is 4.46. The highest BCUT2D eigenvalue weighted by atomic mass is 15.1. The molecule has 2 rings (SSSR count). The molecule has 0 spiro atoms. The minimum absolute atomic E-state index is 0.422. The molecular formula is C11H19N3. The topological polar surface area (TPSA) is 29.9 Å². The molecule has 1 aromatic heterocycles. The summed E-state index contributed by atoms with van der Waals surface area (Å²) in [7, 11) is 0. The standard InChI is InChI=1S/C11H19N3/c1-8(2)10-11-13-9(3)7-14(11)6-4-5-12-10/h7-8,10,12H,4-6H2,1-3H3/t10-/m0/s1. The van der Waals surface area contributed by atoms with Crippen LogP contribution in [-0.4, -0.2) is 16.1 Å². The van der Waals surface area contributed by atoms with Crippen molar-refractivity contribution in [1.29, 1.82) is 0 Å². The van der Waals surface area contributed by atoms with E-state index >= 15 is 0 Å². The molecule has 0 unspecified atom stereocenters. The maximum atomic E-state index is 4.61. The Balaban J connectivity index is 2.36. The summed E-state index contributed by atoms with van der Waals surface area (Å²) in [6, 6.07) is 0.422. The number of aryl methyl sites for hydroxylation is 2. The van der Waals surface area contributed by atoms with Gasteiger partial charge in [0.1, 0.15) is 5.82 Å². The summed E-state index contributed by atoms with van der Waals surface area (Å²) in [6.07, 6.45) is 3.36. The molecule has 0 saturated heterocycles. The Labute approximate surface area is 85.5 Å². The van der Waals surface area contributed by atoms with E-state index in [4.69, 9.17) is 0 Å². The van der Waals surface area contributed by atoms with Gasteiger partial charge in [0.05, 0.1) is 11.7 Å². The zero-order valence-corrected chi connectivity index (χ0v) is 9.25. The molecule has 0 amide bonds. The van der Waals surface area contributed by atoms with Gasteiger partial charge in [0, 0.05) is 12.7 Å². The molecule has 1 N–H and O–H groups in total. The summed E-state index contributed by atoms with van der Waals surface area (Å²) in [5.74, 6) is 1.82. The van der Waals surface area contributed by atoms with E-state index in [0.717, 1.165) is 18.8 Å². The Kier molecular flexibility index (Phi) is 2.59. The largest absolute Gasteiger partial charge is 0.333 e. The van der Waals surface area contributed by atoms with E-state index in [2.05, 4.69) is 41.8 Å². The number of nitrogens with one attached hydrogen (secondary N) is 1. The molecule has 0 saturated carbocycles. The maximum Gasteiger partial charge on any atom is 0.126 e. The smallest absolute Gasteiger partial charge is 0.126 e. The lowest BCUT2D eigenvalue weighted by Crippen LogP contribution is -2.26. The van der Waals surface area contributed by atoms with Gasteiger partial charge in [-0.1, -0.05) is 13.8 Å². The highest BCUT2D eigenvalue weighted by molar-refractivity contribution is 5.08. The summed E-state index contributed by atoms with van der Waals surface area (Å²) < 4.78 is 2.31. The zero-order chi connectivity index (χ0) is 10.1. The average Bonchev–Trinajstić information content (AvgIpc) is 2.35. The Bertz CT molecular complexity index is 314. The number of aromatic nitrogens is 2. The molecule has 1 aromatic rings. The van der Waals surface area contributed by atoms with E-state index in [0.29, 0.717) is 12.0 Å². The lowest BCUT2D eigenvalue weighted by Gasteiger charge is -2.19. The predicted octanol–water partition coefficient (Wildman–Crippen LogP) is 1.88. The monoisotopic (exact) mass is 193 g/mol. The van der Waals surface area contributed by atoms with Crippen LogP contribution in [-0.2, 0) is 6.54 Å². The van der Waals surface area contributed by atoms with Crippen LogP contribution >= 0.6 is 0 Å². The van der Waals surface area contributed by atoms with Gasteiger partial charge in [-0.15, -0.1) is 0 Å². The lowest BCUT2D eigenvalue weighted by molar-refractivity contribution is 0.405. The van der Waals surface area contributed by atoms with Crippen LogP contribution in [0.2, 0.25) is 0 Å². The minimum atomic E-state index is 0.422. The molecule has 1 atom stereocenters. The summed E-state index contributed by atoms with van der Waals surface area (Å²) >= 11 is 0. The zero-order valence-electron chi connectivity index (χ0n) is 9.25. The van der Waals surface area contributed by atoms with Crippen molar-refractivity contribution in [2.45, 2.75) is 39.8 Å². The van der Waals surface area contributed by atoms with Crippen LogP contribution in [0.25, 0.3) is 0 Å². The van der Waals surface area contributed by atoms with Gasteiger partial charge in [0.15, 0.2) is 0 Å². The Morgan fingerprint density at radius 3 is 3.07 bits per heavy atom. The molecule has 1 aliphatic rings. The fraction of sp³-hybridized carbons (Fsp3) is 0.727. The van der Waals surface area contributed by atoms with Crippen molar-refractivity contribution >= 4 is 0 Å². The molecule has 0 aliphatic carbocycles. The Morgan fingerprint density at radius 2 is 2.36 bits per heavy atom. The van der Waals surface area contributed by atoms with E-state index in [1.54, 1.807) is 0 Å². The van der Waals surface area contributed by atoms with E-state index in [9.17, 15) is 0 Å². The number of hydrogen-bond donors (Lipinski definition) is 1. The highest BCUT2D eigenvalue weighted by Gasteiger charge is 2.22. The second-order valence-corrected chi connectivity index (χ2v) is 4.46. The van der Waals surface area contributed by atoms with Crippen molar-refractivity contribution in [3.05, 3.63) is 17.7 Å². The number of imidazole rings is 1. The molecule has 0 aromatic carbocycles. The van der Waals surface area contributed by atoms with Gasteiger partial charge in [-0.2, -0.15) is 0 Å². The minimum Gasteiger partial charge on any atom is -0.333 e. The SMILES string of the molecule is Cc1cn2c(n1)[C@H](C(C)C)NCCC2. The van der Waals surface area contributed by atoms with Crippen LogP contribution in [0.1, 0.15) is 37.8 Å². The molecule has 0 radical (unpaired) electrons. The van der Waals surface area contributed by atoms with Crippen LogP contribution < -0.4 is 5.32 Å². The highest BCUT2D eigenvalue weighted by Crippen LogP contribution is 2.23. The molecule has 3 nitrogen and oxygen atoms in total. The van der Waals surface area contributed by atoms with E-state index in [1.807, 2.05) is 0 Å². The van der Waals surface area contributed by atoms with Gasteiger partial charge in [0.2, 0.25) is 0 Å². The molecule has 3 heteroatoms. The molecule has 2 heterocycles. The van der Waals surface area contributed by atoms with E-state index in [-0.39, 0.29) is 0 Å². The van der Waals surface area contributed by atoms with Gasteiger partial charge in [-0.05, 0) is 25.8 Å². The molecule has 0 fully saturated rings. The van der Waals surface area contributed by atoms with E-state index in [1.165, 1.54) is 12.2 Å². The quantitative estimate of drug-likeness (QED) is 0.738. The Morgan fingerprint density at radius 1 is 1.57 bits per heavy atom.